The van der Waals surface area contributed by atoms with E-state index in [-0.39, 0.29) is 5.97 Å². The Balaban J connectivity index is 2.53. The van der Waals surface area contributed by atoms with Crippen LogP contribution in [0.15, 0.2) is 52.5 Å². The number of esters is 1. The molecular weight excluding hydrogens is 352 g/mol. The Morgan fingerprint density at radius 1 is 1.09 bits per heavy atom. The molecule has 2 rings (SSSR count). The minimum absolute atomic E-state index is 0.306. The first kappa shape index (κ1) is 17.5. The highest BCUT2D eigenvalue weighted by atomic mass is 79.9. The molecule has 2 aromatic carbocycles. The van der Waals surface area contributed by atoms with Gasteiger partial charge in [0.1, 0.15) is 0 Å². The van der Waals surface area contributed by atoms with Crippen LogP contribution in [0, 0.1) is 13.8 Å². The third-order valence-corrected chi connectivity index (χ3v) is 4.82. The first-order valence-electron chi connectivity index (χ1n) is 7.53. The van der Waals surface area contributed by atoms with Gasteiger partial charge in [0.15, 0.2) is 0 Å². The zero-order chi connectivity index (χ0) is 17.0. The van der Waals surface area contributed by atoms with Gasteiger partial charge in [0, 0.05) is 10.0 Å². The number of hydrogen-bond acceptors (Lipinski definition) is 2. The zero-order valence-electron chi connectivity index (χ0n) is 13.9. The van der Waals surface area contributed by atoms with Crippen molar-refractivity contribution in [2.45, 2.75) is 27.2 Å². The first-order chi connectivity index (χ1) is 11.0. The van der Waals surface area contributed by atoms with Gasteiger partial charge in [0.25, 0.3) is 0 Å². The SMILES string of the molecule is COC(=O)/C(=C(\C)Cc1cccc(C)c1C)c1ccccc1Br. The monoisotopic (exact) mass is 372 g/mol. The van der Waals surface area contributed by atoms with Crippen LogP contribution in [0.4, 0.5) is 0 Å². The third kappa shape index (κ3) is 3.91. The number of ether oxygens (including phenoxy) is 1. The fraction of sp³-hybridized carbons (Fsp3) is 0.250. The molecule has 2 aromatic rings. The zero-order valence-corrected chi connectivity index (χ0v) is 15.5. The van der Waals surface area contributed by atoms with Gasteiger partial charge in [-0.25, -0.2) is 4.79 Å². The smallest absolute Gasteiger partial charge is 0.338 e. The molecule has 0 aliphatic carbocycles. The maximum Gasteiger partial charge on any atom is 0.338 e. The van der Waals surface area contributed by atoms with Gasteiger partial charge in [-0.3, -0.25) is 0 Å². The Kier molecular flexibility index (Phi) is 5.78. The Labute approximate surface area is 146 Å². The number of methoxy groups -OCH3 is 1. The second-order valence-electron chi connectivity index (χ2n) is 5.66. The molecule has 3 heteroatoms. The van der Waals surface area contributed by atoms with Crippen molar-refractivity contribution in [3.05, 3.63) is 74.8 Å². The highest BCUT2D eigenvalue weighted by Crippen LogP contribution is 2.29. The second kappa shape index (κ2) is 7.60. The van der Waals surface area contributed by atoms with Crippen molar-refractivity contribution in [3.63, 3.8) is 0 Å². The van der Waals surface area contributed by atoms with Gasteiger partial charge < -0.3 is 4.74 Å². The van der Waals surface area contributed by atoms with E-state index in [1.165, 1.54) is 23.8 Å². The fourth-order valence-electron chi connectivity index (χ4n) is 2.66. The minimum Gasteiger partial charge on any atom is -0.465 e. The lowest BCUT2D eigenvalue weighted by Crippen LogP contribution is -2.08. The van der Waals surface area contributed by atoms with Gasteiger partial charge in [0.05, 0.1) is 12.7 Å². The van der Waals surface area contributed by atoms with Crippen LogP contribution in [-0.2, 0) is 16.0 Å². The van der Waals surface area contributed by atoms with Crippen LogP contribution >= 0.6 is 15.9 Å². The number of carbonyl (C=O) groups excluding carboxylic acids is 1. The number of hydrogen-bond donors (Lipinski definition) is 0. The van der Waals surface area contributed by atoms with Crippen LogP contribution in [0.5, 0.6) is 0 Å². The molecule has 0 amide bonds. The standard InChI is InChI=1S/C20H21BrO2/c1-13-8-7-9-16(15(13)3)12-14(2)19(20(22)23-4)17-10-5-6-11-18(17)21/h5-11H,12H2,1-4H3/b19-14+. The molecule has 2 nitrogen and oxygen atoms in total. The molecule has 120 valence electrons. The molecule has 0 N–H and O–H groups in total. The van der Waals surface area contributed by atoms with Crippen molar-refractivity contribution >= 4 is 27.5 Å². The number of allylic oxidation sites excluding steroid dienone is 1. The molecule has 0 spiro atoms. The number of halogens is 1. The maximum atomic E-state index is 12.3. The van der Waals surface area contributed by atoms with Gasteiger partial charge in [-0.15, -0.1) is 0 Å². The summed E-state index contributed by atoms with van der Waals surface area (Å²) in [6.07, 6.45) is 0.722. The van der Waals surface area contributed by atoms with Gasteiger partial charge in [-0.2, -0.15) is 0 Å². The van der Waals surface area contributed by atoms with E-state index in [2.05, 4.69) is 48.0 Å². The van der Waals surface area contributed by atoms with Crippen LogP contribution in [0.3, 0.4) is 0 Å². The molecule has 0 aliphatic heterocycles. The van der Waals surface area contributed by atoms with Crippen molar-refractivity contribution < 1.29 is 9.53 Å². The van der Waals surface area contributed by atoms with Crippen LogP contribution in [0.25, 0.3) is 5.57 Å². The van der Waals surface area contributed by atoms with Gasteiger partial charge in [0.2, 0.25) is 0 Å². The summed E-state index contributed by atoms with van der Waals surface area (Å²) in [5.74, 6) is -0.306. The summed E-state index contributed by atoms with van der Waals surface area (Å²) in [6, 6.07) is 14.0. The molecule has 23 heavy (non-hydrogen) atoms. The van der Waals surface area contributed by atoms with Crippen molar-refractivity contribution in [2.75, 3.05) is 7.11 Å². The fourth-order valence-corrected chi connectivity index (χ4v) is 3.14. The topological polar surface area (TPSA) is 26.3 Å². The Morgan fingerprint density at radius 2 is 1.78 bits per heavy atom. The van der Waals surface area contributed by atoms with Gasteiger partial charge in [-0.1, -0.05) is 57.9 Å². The summed E-state index contributed by atoms with van der Waals surface area (Å²) in [7, 11) is 1.42. The summed E-state index contributed by atoms with van der Waals surface area (Å²) in [5, 5.41) is 0. The molecule has 0 saturated carbocycles. The van der Waals surface area contributed by atoms with Crippen molar-refractivity contribution in [1.29, 1.82) is 0 Å². The molecular formula is C20H21BrO2. The number of benzene rings is 2. The molecule has 0 atom stereocenters. The normalized spacial score (nSPS) is 11.9. The van der Waals surface area contributed by atoms with Crippen LogP contribution < -0.4 is 0 Å². The van der Waals surface area contributed by atoms with Gasteiger partial charge >= 0.3 is 5.97 Å². The summed E-state index contributed by atoms with van der Waals surface area (Å²) < 4.78 is 5.91. The average molecular weight is 373 g/mol. The van der Waals surface area contributed by atoms with Crippen LogP contribution in [0.1, 0.15) is 29.2 Å². The Bertz CT molecular complexity index is 760. The largest absolute Gasteiger partial charge is 0.465 e. The molecule has 0 saturated heterocycles. The summed E-state index contributed by atoms with van der Waals surface area (Å²) in [5.41, 5.74) is 6.25. The Morgan fingerprint density at radius 3 is 2.43 bits per heavy atom. The van der Waals surface area contributed by atoms with E-state index in [0.717, 1.165) is 22.0 Å². The third-order valence-electron chi connectivity index (χ3n) is 4.13. The van der Waals surface area contributed by atoms with Crippen LogP contribution in [0.2, 0.25) is 0 Å². The molecule has 0 fully saturated rings. The van der Waals surface area contributed by atoms with E-state index >= 15 is 0 Å². The number of carbonyl (C=O) groups is 1. The second-order valence-corrected chi connectivity index (χ2v) is 6.52. The summed E-state index contributed by atoms with van der Waals surface area (Å²) in [6.45, 7) is 6.22. The van der Waals surface area contributed by atoms with Gasteiger partial charge in [-0.05, 0) is 49.9 Å². The van der Waals surface area contributed by atoms with Crippen LogP contribution in [-0.4, -0.2) is 13.1 Å². The lowest BCUT2D eigenvalue weighted by molar-refractivity contribution is -0.133. The van der Waals surface area contributed by atoms with E-state index in [1.807, 2.05) is 31.2 Å². The van der Waals surface area contributed by atoms with E-state index in [4.69, 9.17) is 4.74 Å². The Hall–Kier alpha value is -1.87. The predicted molar refractivity (Wildman–Crippen MR) is 98.4 cm³/mol. The van der Waals surface area contributed by atoms with Crippen molar-refractivity contribution in [1.82, 2.24) is 0 Å². The summed E-state index contributed by atoms with van der Waals surface area (Å²) in [4.78, 5) is 12.3. The highest BCUT2D eigenvalue weighted by Gasteiger charge is 2.18. The van der Waals surface area contributed by atoms with E-state index < -0.39 is 0 Å². The molecule has 0 radical (unpaired) electrons. The molecule has 0 heterocycles. The number of rotatable bonds is 4. The lowest BCUT2D eigenvalue weighted by Gasteiger charge is -2.14. The predicted octanol–water partition coefficient (Wildman–Crippen LogP) is 5.26. The molecule has 0 unspecified atom stereocenters. The lowest BCUT2D eigenvalue weighted by atomic mass is 9.93. The number of aryl methyl sites for hydroxylation is 1. The highest BCUT2D eigenvalue weighted by molar-refractivity contribution is 9.10. The molecule has 0 bridgehead atoms. The summed E-state index contributed by atoms with van der Waals surface area (Å²) >= 11 is 3.53. The first-order valence-corrected chi connectivity index (χ1v) is 8.33. The molecule has 0 aromatic heterocycles. The molecule has 0 aliphatic rings. The van der Waals surface area contributed by atoms with E-state index in [1.54, 1.807) is 0 Å². The average Bonchev–Trinajstić information content (AvgIpc) is 2.53. The maximum absolute atomic E-state index is 12.3. The van der Waals surface area contributed by atoms with Crippen molar-refractivity contribution in [2.24, 2.45) is 0 Å². The van der Waals surface area contributed by atoms with E-state index in [0.29, 0.717) is 5.57 Å². The quantitative estimate of drug-likeness (QED) is 0.540. The van der Waals surface area contributed by atoms with E-state index in [9.17, 15) is 4.79 Å². The van der Waals surface area contributed by atoms with Crippen molar-refractivity contribution in [3.8, 4) is 0 Å². The minimum atomic E-state index is -0.306.